The number of aryl methyl sites for hydroxylation is 1. The molecule has 0 unspecified atom stereocenters. The molecule has 8 heteroatoms. The molecule has 26 heavy (non-hydrogen) atoms. The molecular weight excluding hydrogens is 459 g/mol. The summed E-state index contributed by atoms with van der Waals surface area (Å²) < 4.78 is 0. The van der Waals surface area contributed by atoms with Gasteiger partial charge >= 0.3 is 0 Å². The van der Waals surface area contributed by atoms with Crippen molar-refractivity contribution in [2.45, 2.75) is 32.9 Å². The summed E-state index contributed by atoms with van der Waals surface area (Å²) in [5.41, 5.74) is 2.23. The second kappa shape index (κ2) is 10.1. The normalized spacial score (nSPS) is 14.3. The zero-order chi connectivity index (χ0) is 17.6. The predicted molar refractivity (Wildman–Crippen MR) is 120 cm³/mol. The monoisotopic (exact) mass is 486 g/mol. The molecule has 0 amide bonds. The van der Waals surface area contributed by atoms with E-state index in [2.05, 4.69) is 47.6 Å². The first-order valence-corrected chi connectivity index (χ1v) is 9.56. The zero-order valence-corrected chi connectivity index (χ0v) is 18.8. The van der Waals surface area contributed by atoms with Crippen molar-refractivity contribution in [1.29, 1.82) is 0 Å². The van der Waals surface area contributed by atoms with Crippen LogP contribution in [0.3, 0.4) is 0 Å². The molecule has 0 radical (unpaired) electrons. The Bertz CT molecular complexity index is 709. The number of nitrogens with one attached hydrogen (secondary N) is 1. The van der Waals surface area contributed by atoms with Crippen molar-refractivity contribution < 1.29 is 0 Å². The highest BCUT2D eigenvalue weighted by Crippen LogP contribution is 2.17. The van der Waals surface area contributed by atoms with Crippen molar-refractivity contribution in [3.05, 3.63) is 40.0 Å². The number of hydrogen-bond donors (Lipinski definition) is 1. The minimum atomic E-state index is 0. The van der Waals surface area contributed by atoms with Crippen molar-refractivity contribution in [3.8, 4) is 0 Å². The molecule has 6 nitrogen and oxygen atoms in total. The molecule has 0 atom stereocenters. The molecule has 3 heterocycles. The van der Waals surface area contributed by atoms with Crippen LogP contribution in [-0.4, -0.2) is 48.0 Å². The molecule has 1 aliphatic heterocycles. The molecule has 1 saturated heterocycles. The van der Waals surface area contributed by atoms with Crippen LogP contribution in [0.25, 0.3) is 0 Å². The number of anilines is 1. The van der Waals surface area contributed by atoms with Crippen LogP contribution in [0.15, 0.2) is 28.7 Å². The van der Waals surface area contributed by atoms with Crippen molar-refractivity contribution >= 4 is 47.1 Å². The molecule has 0 aliphatic carbocycles. The molecule has 0 spiro atoms. The maximum Gasteiger partial charge on any atom is 0.194 e. The lowest BCUT2D eigenvalue weighted by molar-refractivity contribution is 0.470. The van der Waals surface area contributed by atoms with Crippen LogP contribution in [0.1, 0.15) is 29.1 Å². The van der Waals surface area contributed by atoms with Crippen LogP contribution in [0.4, 0.5) is 5.82 Å². The number of hydrogen-bond acceptors (Lipinski definition) is 5. The van der Waals surface area contributed by atoms with Gasteiger partial charge in [0.25, 0.3) is 0 Å². The van der Waals surface area contributed by atoms with Crippen molar-refractivity contribution in [3.63, 3.8) is 0 Å². The Morgan fingerprint density at radius 3 is 2.69 bits per heavy atom. The van der Waals surface area contributed by atoms with Gasteiger partial charge in [-0.05, 0) is 31.4 Å². The number of nitrogens with zero attached hydrogens (tertiary/aromatic N) is 5. The number of aromatic nitrogens is 2. The summed E-state index contributed by atoms with van der Waals surface area (Å²) in [4.78, 5) is 17.9. The molecule has 1 fully saturated rings. The first kappa shape index (κ1) is 20.9. The molecule has 1 N–H and O–H groups in total. The van der Waals surface area contributed by atoms with Gasteiger partial charge in [-0.15, -0.1) is 35.3 Å². The molecule has 3 rings (SSSR count). The van der Waals surface area contributed by atoms with Crippen LogP contribution in [0.5, 0.6) is 0 Å². The Morgan fingerprint density at radius 2 is 2.12 bits per heavy atom. The zero-order valence-electron chi connectivity index (χ0n) is 15.6. The summed E-state index contributed by atoms with van der Waals surface area (Å²) in [7, 11) is 3.83. The van der Waals surface area contributed by atoms with Crippen molar-refractivity contribution in [2.24, 2.45) is 4.99 Å². The third-order valence-electron chi connectivity index (χ3n) is 4.33. The van der Waals surface area contributed by atoms with E-state index in [1.54, 1.807) is 18.4 Å². The molecule has 2 aromatic rings. The topological polar surface area (TPSA) is 56.7 Å². The van der Waals surface area contributed by atoms with Crippen LogP contribution in [-0.2, 0) is 13.1 Å². The van der Waals surface area contributed by atoms with E-state index in [-0.39, 0.29) is 24.0 Å². The minimum absolute atomic E-state index is 0. The van der Waals surface area contributed by atoms with Crippen LogP contribution in [0, 0.1) is 6.92 Å². The molecule has 142 valence electrons. The van der Waals surface area contributed by atoms with Gasteiger partial charge in [-0.3, -0.25) is 4.99 Å². The standard InChI is InChI=1S/C18H26N6S.HI/c1-14-22-16(13-25-14)12-23(3)18(19-2)21-11-15-6-7-17(20-10-15)24-8-4-5-9-24;/h6-7,10,13H,4-5,8-9,11-12H2,1-3H3,(H,19,21);1H. The first-order valence-electron chi connectivity index (χ1n) is 8.68. The number of rotatable bonds is 5. The van der Waals surface area contributed by atoms with E-state index in [1.165, 1.54) is 12.8 Å². The summed E-state index contributed by atoms with van der Waals surface area (Å²) in [5, 5.41) is 6.59. The van der Waals surface area contributed by atoms with Crippen LogP contribution < -0.4 is 10.2 Å². The van der Waals surface area contributed by atoms with E-state index in [1.807, 2.05) is 20.2 Å². The fourth-order valence-corrected chi connectivity index (χ4v) is 3.62. The van der Waals surface area contributed by atoms with Gasteiger partial charge in [0.2, 0.25) is 0 Å². The van der Waals surface area contributed by atoms with Gasteiger partial charge < -0.3 is 15.1 Å². The lowest BCUT2D eigenvalue weighted by Crippen LogP contribution is -2.38. The quantitative estimate of drug-likeness (QED) is 0.400. The first-order chi connectivity index (χ1) is 12.2. The molecule has 0 bridgehead atoms. The molecule has 0 saturated carbocycles. The van der Waals surface area contributed by atoms with Gasteiger partial charge in [0, 0.05) is 45.3 Å². The second-order valence-corrected chi connectivity index (χ2v) is 7.40. The van der Waals surface area contributed by atoms with E-state index in [0.717, 1.165) is 47.7 Å². The lowest BCUT2D eigenvalue weighted by Gasteiger charge is -2.21. The van der Waals surface area contributed by atoms with E-state index in [9.17, 15) is 0 Å². The fourth-order valence-electron chi connectivity index (χ4n) is 3.02. The number of thiazole rings is 1. The van der Waals surface area contributed by atoms with Crippen molar-refractivity contribution in [2.75, 3.05) is 32.1 Å². The minimum Gasteiger partial charge on any atom is -0.357 e. The highest BCUT2D eigenvalue weighted by molar-refractivity contribution is 14.0. The Morgan fingerprint density at radius 1 is 1.35 bits per heavy atom. The third kappa shape index (κ3) is 5.54. The molecule has 2 aromatic heterocycles. The van der Waals surface area contributed by atoms with E-state index >= 15 is 0 Å². The Balaban J connectivity index is 0.00000243. The largest absolute Gasteiger partial charge is 0.357 e. The van der Waals surface area contributed by atoms with Gasteiger partial charge in [-0.2, -0.15) is 0 Å². The van der Waals surface area contributed by atoms with Gasteiger partial charge in [-0.25, -0.2) is 9.97 Å². The van der Waals surface area contributed by atoms with Gasteiger partial charge in [0.1, 0.15) is 5.82 Å². The van der Waals surface area contributed by atoms with Gasteiger partial charge in [-0.1, -0.05) is 6.07 Å². The predicted octanol–water partition coefficient (Wildman–Crippen LogP) is 3.27. The number of aliphatic imine (C=N–C) groups is 1. The average molecular weight is 486 g/mol. The summed E-state index contributed by atoms with van der Waals surface area (Å²) in [6, 6.07) is 4.26. The van der Waals surface area contributed by atoms with E-state index in [4.69, 9.17) is 0 Å². The van der Waals surface area contributed by atoms with Gasteiger partial charge in [0.15, 0.2) is 5.96 Å². The molecule has 0 aromatic carbocycles. The summed E-state index contributed by atoms with van der Waals surface area (Å²) in [6.45, 7) is 5.73. The Labute approximate surface area is 176 Å². The Hall–Kier alpha value is -1.42. The smallest absolute Gasteiger partial charge is 0.194 e. The SMILES string of the molecule is CN=C(NCc1ccc(N2CCCC2)nc1)N(C)Cc1csc(C)n1.I. The van der Waals surface area contributed by atoms with Crippen molar-refractivity contribution in [1.82, 2.24) is 20.2 Å². The third-order valence-corrected chi connectivity index (χ3v) is 5.15. The highest BCUT2D eigenvalue weighted by atomic mass is 127. The average Bonchev–Trinajstić information content (AvgIpc) is 3.28. The Kier molecular flexibility index (Phi) is 8.08. The summed E-state index contributed by atoms with van der Waals surface area (Å²) >= 11 is 1.68. The molecule has 1 aliphatic rings. The highest BCUT2D eigenvalue weighted by Gasteiger charge is 2.13. The lowest BCUT2D eigenvalue weighted by atomic mass is 10.3. The van der Waals surface area contributed by atoms with E-state index in [0.29, 0.717) is 6.54 Å². The fraction of sp³-hybridized carbons (Fsp3) is 0.500. The van der Waals surface area contributed by atoms with Crippen LogP contribution in [0.2, 0.25) is 0 Å². The second-order valence-electron chi connectivity index (χ2n) is 6.33. The maximum atomic E-state index is 4.60. The van der Waals surface area contributed by atoms with Gasteiger partial charge in [0.05, 0.1) is 17.2 Å². The summed E-state index contributed by atoms with van der Waals surface area (Å²) in [5.74, 6) is 1.94. The number of guanidine groups is 1. The molecular formula is C18H27IN6S. The van der Waals surface area contributed by atoms with E-state index < -0.39 is 0 Å². The summed E-state index contributed by atoms with van der Waals surface area (Å²) in [6.07, 6.45) is 4.50. The van der Waals surface area contributed by atoms with Crippen LogP contribution >= 0.6 is 35.3 Å². The maximum absolute atomic E-state index is 4.60. The number of halogens is 1. The number of pyridine rings is 1.